The van der Waals surface area contributed by atoms with Crippen molar-refractivity contribution < 1.29 is 9.47 Å². The molecule has 0 aliphatic rings. The lowest BCUT2D eigenvalue weighted by Gasteiger charge is -2.14. The topological polar surface area (TPSA) is 44.5 Å². The van der Waals surface area contributed by atoms with Crippen LogP contribution in [-0.2, 0) is 0 Å². The number of thiocarbonyl (C=S) groups is 1. The second kappa shape index (κ2) is 7.43. The highest BCUT2D eigenvalue weighted by atomic mass is 79.9. The molecular formula is C16H16BrNO2S. The van der Waals surface area contributed by atoms with Gasteiger partial charge in [-0.2, -0.15) is 0 Å². The van der Waals surface area contributed by atoms with Gasteiger partial charge in [0.05, 0.1) is 12.2 Å². The Kier molecular flexibility index (Phi) is 5.59. The Labute approximate surface area is 138 Å². The van der Waals surface area contributed by atoms with E-state index in [2.05, 4.69) is 22.9 Å². The summed E-state index contributed by atoms with van der Waals surface area (Å²) in [7, 11) is 0. The Balaban J connectivity index is 2.34. The molecule has 0 aliphatic carbocycles. The maximum atomic E-state index is 5.96. The quantitative estimate of drug-likeness (QED) is 0.755. The lowest BCUT2D eigenvalue weighted by atomic mass is 10.2. The zero-order valence-corrected chi connectivity index (χ0v) is 14.0. The van der Waals surface area contributed by atoms with Gasteiger partial charge in [0.15, 0.2) is 11.5 Å². The first-order valence-corrected chi connectivity index (χ1v) is 7.81. The van der Waals surface area contributed by atoms with Crippen LogP contribution in [0, 0.1) is 0 Å². The molecule has 0 spiro atoms. The van der Waals surface area contributed by atoms with Crippen LogP contribution in [0.3, 0.4) is 0 Å². The van der Waals surface area contributed by atoms with Gasteiger partial charge in [0.1, 0.15) is 10.7 Å². The van der Waals surface area contributed by atoms with Crippen LogP contribution in [0.2, 0.25) is 0 Å². The van der Waals surface area contributed by atoms with E-state index in [1.165, 1.54) is 0 Å². The maximum Gasteiger partial charge on any atom is 0.169 e. The Morgan fingerprint density at radius 2 is 1.86 bits per heavy atom. The highest BCUT2D eigenvalue weighted by Gasteiger charge is 2.11. The minimum atomic E-state index is 0.296. The van der Waals surface area contributed by atoms with Gasteiger partial charge in [-0.05, 0) is 36.8 Å². The highest BCUT2D eigenvalue weighted by molar-refractivity contribution is 9.10. The van der Waals surface area contributed by atoms with Gasteiger partial charge < -0.3 is 15.2 Å². The average Bonchev–Trinajstić information content (AvgIpc) is 2.46. The van der Waals surface area contributed by atoms with Gasteiger partial charge in [-0.3, -0.25) is 0 Å². The molecule has 0 amide bonds. The first kappa shape index (κ1) is 15.8. The second-order valence-corrected chi connectivity index (χ2v) is 5.76. The smallest absolute Gasteiger partial charge is 0.169 e. The number of hydrogen-bond acceptors (Lipinski definition) is 3. The minimum absolute atomic E-state index is 0.296. The number of halogens is 1. The summed E-state index contributed by atoms with van der Waals surface area (Å²) in [5, 5.41) is 0. The summed E-state index contributed by atoms with van der Waals surface area (Å²) in [6, 6.07) is 13.1. The van der Waals surface area contributed by atoms with Crippen molar-refractivity contribution in [1.29, 1.82) is 0 Å². The third-order valence-electron chi connectivity index (χ3n) is 2.74. The van der Waals surface area contributed by atoms with Gasteiger partial charge in [-0.15, -0.1) is 0 Å². The van der Waals surface area contributed by atoms with Crippen LogP contribution in [0.5, 0.6) is 17.2 Å². The van der Waals surface area contributed by atoms with Crippen molar-refractivity contribution in [3.05, 3.63) is 52.5 Å². The zero-order chi connectivity index (χ0) is 15.2. The van der Waals surface area contributed by atoms with Crippen LogP contribution in [0.1, 0.15) is 18.9 Å². The molecule has 2 aromatic rings. The number of hydrogen-bond donors (Lipinski definition) is 1. The van der Waals surface area contributed by atoms with E-state index in [0.29, 0.717) is 34.4 Å². The molecular weight excluding hydrogens is 350 g/mol. The van der Waals surface area contributed by atoms with Crippen LogP contribution >= 0.6 is 28.1 Å². The first-order valence-electron chi connectivity index (χ1n) is 6.61. The fraction of sp³-hybridized carbons (Fsp3) is 0.188. The largest absolute Gasteiger partial charge is 0.490 e. The molecule has 110 valence electrons. The minimum Gasteiger partial charge on any atom is -0.490 e. The van der Waals surface area contributed by atoms with Crippen molar-refractivity contribution in [3.8, 4) is 17.2 Å². The SMILES string of the molecule is CCCOc1ccccc1Oc1cc(Br)ccc1C(N)=S. The summed E-state index contributed by atoms with van der Waals surface area (Å²) in [5.41, 5.74) is 6.43. The predicted molar refractivity (Wildman–Crippen MR) is 92.3 cm³/mol. The van der Waals surface area contributed by atoms with Gasteiger partial charge in [-0.25, -0.2) is 0 Å². The van der Waals surface area contributed by atoms with Crippen LogP contribution < -0.4 is 15.2 Å². The summed E-state index contributed by atoms with van der Waals surface area (Å²) < 4.78 is 12.5. The van der Waals surface area contributed by atoms with E-state index < -0.39 is 0 Å². The summed E-state index contributed by atoms with van der Waals surface area (Å²) in [4.78, 5) is 0.296. The van der Waals surface area contributed by atoms with E-state index in [1.54, 1.807) is 0 Å². The lowest BCUT2D eigenvalue weighted by Crippen LogP contribution is -2.10. The number of benzene rings is 2. The summed E-state index contributed by atoms with van der Waals surface area (Å²) in [6.45, 7) is 2.70. The van der Waals surface area contributed by atoms with Gasteiger partial charge in [0.25, 0.3) is 0 Å². The molecule has 5 heteroatoms. The molecule has 0 fully saturated rings. The lowest BCUT2D eigenvalue weighted by molar-refractivity contribution is 0.302. The number of nitrogens with two attached hydrogens (primary N) is 1. The number of rotatable bonds is 6. The number of ether oxygens (including phenoxy) is 2. The molecule has 0 aromatic heterocycles. The van der Waals surface area contributed by atoms with Crippen molar-refractivity contribution >= 4 is 33.1 Å². The summed E-state index contributed by atoms with van der Waals surface area (Å²) >= 11 is 8.49. The van der Waals surface area contributed by atoms with Crippen LogP contribution in [-0.4, -0.2) is 11.6 Å². The number of para-hydroxylation sites is 2. The maximum absolute atomic E-state index is 5.96. The third-order valence-corrected chi connectivity index (χ3v) is 3.45. The van der Waals surface area contributed by atoms with Gasteiger partial charge in [0, 0.05) is 4.47 Å². The molecule has 0 saturated carbocycles. The summed E-state index contributed by atoms with van der Waals surface area (Å²) in [5.74, 6) is 1.94. The van der Waals surface area contributed by atoms with Crippen molar-refractivity contribution in [2.45, 2.75) is 13.3 Å². The monoisotopic (exact) mass is 365 g/mol. The molecule has 0 aliphatic heterocycles. The molecule has 3 nitrogen and oxygen atoms in total. The van der Waals surface area contributed by atoms with E-state index >= 15 is 0 Å². The normalized spacial score (nSPS) is 10.2. The van der Waals surface area contributed by atoms with E-state index in [0.717, 1.165) is 10.9 Å². The molecule has 0 radical (unpaired) electrons. The van der Waals surface area contributed by atoms with Crippen LogP contribution in [0.4, 0.5) is 0 Å². The van der Waals surface area contributed by atoms with Crippen molar-refractivity contribution in [2.75, 3.05) is 6.61 Å². The zero-order valence-electron chi connectivity index (χ0n) is 11.6. The van der Waals surface area contributed by atoms with E-state index in [9.17, 15) is 0 Å². The molecule has 2 rings (SSSR count). The molecule has 0 atom stereocenters. The van der Waals surface area contributed by atoms with Crippen molar-refractivity contribution in [3.63, 3.8) is 0 Å². The Bertz CT molecular complexity index is 646. The van der Waals surface area contributed by atoms with Gasteiger partial charge in [0.2, 0.25) is 0 Å². The van der Waals surface area contributed by atoms with Crippen molar-refractivity contribution in [2.24, 2.45) is 5.73 Å². The van der Waals surface area contributed by atoms with E-state index in [-0.39, 0.29) is 0 Å². The van der Waals surface area contributed by atoms with E-state index in [1.807, 2.05) is 42.5 Å². The van der Waals surface area contributed by atoms with Gasteiger partial charge in [-0.1, -0.05) is 47.2 Å². The molecule has 0 heterocycles. The molecule has 21 heavy (non-hydrogen) atoms. The second-order valence-electron chi connectivity index (χ2n) is 4.40. The molecule has 0 saturated heterocycles. The molecule has 2 aromatic carbocycles. The first-order chi connectivity index (χ1) is 10.1. The average molecular weight is 366 g/mol. The molecule has 0 bridgehead atoms. The predicted octanol–water partition coefficient (Wildman–Crippen LogP) is 4.66. The van der Waals surface area contributed by atoms with Crippen LogP contribution in [0.15, 0.2) is 46.9 Å². The fourth-order valence-corrected chi connectivity index (χ4v) is 2.28. The van der Waals surface area contributed by atoms with E-state index in [4.69, 9.17) is 27.4 Å². The Hall–Kier alpha value is -1.59. The third kappa shape index (κ3) is 4.19. The highest BCUT2D eigenvalue weighted by Crippen LogP contribution is 2.34. The summed E-state index contributed by atoms with van der Waals surface area (Å²) in [6.07, 6.45) is 0.934. The van der Waals surface area contributed by atoms with Gasteiger partial charge >= 0.3 is 0 Å². The Morgan fingerprint density at radius 3 is 2.52 bits per heavy atom. The van der Waals surface area contributed by atoms with Crippen LogP contribution in [0.25, 0.3) is 0 Å². The molecule has 2 N–H and O–H groups in total. The molecule has 0 unspecified atom stereocenters. The fourth-order valence-electron chi connectivity index (χ4n) is 1.77. The van der Waals surface area contributed by atoms with Crippen molar-refractivity contribution in [1.82, 2.24) is 0 Å². The Morgan fingerprint density at radius 1 is 1.14 bits per heavy atom. The standard InChI is InChI=1S/C16H16BrNO2S/c1-2-9-19-13-5-3-4-6-14(13)20-15-10-11(17)7-8-12(15)16(18)21/h3-8,10H,2,9H2,1H3,(H2,18,21).